The van der Waals surface area contributed by atoms with Gasteiger partial charge >= 0.3 is 6.18 Å². The molecular weight excluding hydrogens is 345 g/mol. The number of aliphatic hydroxyl groups excluding tert-OH is 1. The highest BCUT2D eigenvalue weighted by Gasteiger charge is 2.38. The summed E-state index contributed by atoms with van der Waals surface area (Å²) in [6.07, 6.45) is -4.56. The van der Waals surface area contributed by atoms with Crippen LogP contribution >= 0.6 is 0 Å². The third kappa shape index (κ3) is 3.00. The smallest absolute Gasteiger partial charge is 0.416 e. The van der Waals surface area contributed by atoms with Crippen molar-refractivity contribution >= 4 is 11.4 Å². The summed E-state index contributed by atoms with van der Waals surface area (Å²) in [4.78, 5) is 1.52. The van der Waals surface area contributed by atoms with E-state index in [2.05, 4.69) is 0 Å². The first kappa shape index (κ1) is 17.8. The molecule has 2 aromatic carbocycles. The van der Waals surface area contributed by atoms with Crippen molar-refractivity contribution in [2.24, 2.45) is 0 Å². The number of aliphatic hydroxyl groups is 1. The van der Waals surface area contributed by atoms with Gasteiger partial charge in [-0.2, -0.15) is 13.2 Å². The van der Waals surface area contributed by atoms with E-state index in [1.54, 1.807) is 31.3 Å². The predicted molar refractivity (Wildman–Crippen MR) is 92.2 cm³/mol. The lowest BCUT2D eigenvalue weighted by atomic mass is 9.99. The van der Waals surface area contributed by atoms with Crippen molar-refractivity contribution in [3.8, 4) is 5.75 Å². The minimum Gasteiger partial charge on any atom is -0.509 e. The van der Waals surface area contributed by atoms with Gasteiger partial charge in [0.15, 0.2) is 0 Å². The topological polar surface area (TPSA) is 56.6 Å². The summed E-state index contributed by atoms with van der Waals surface area (Å²) >= 11 is 0. The zero-order valence-corrected chi connectivity index (χ0v) is 14.1. The molecule has 1 heterocycles. The van der Waals surface area contributed by atoms with Crippen molar-refractivity contribution in [1.82, 2.24) is 4.90 Å². The first-order chi connectivity index (χ1) is 12.2. The van der Waals surface area contributed by atoms with Crippen LogP contribution in [0.2, 0.25) is 0 Å². The Balaban J connectivity index is 2.16. The SMILES string of the molecule is COc1cc(C2=C(O)C(c3ccccc3)N(C)C2=N)cc(C(F)(F)F)c1. The van der Waals surface area contributed by atoms with Gasteiger partial charge in [-0.05, 0) is 29.3 Å². The van der Waals surface area contributed by atoms with E-state index in [4.69, 9.17) is 10.1 Å². The molecule has 136 valence electrons. The van der Waals surface area contributed by atoms with Crippen LogP contribution in [0.3, 0.4) is 0 Å². The molecule has 0 saturated heterocycles. The van der Waals surface area contributed by atoms with E-state index in [0.717, 1.165) is 17.7 Å². The Morgan fingerprint density at radius 1 is 1.12 bits per heavy atom. The fourth-order valence-electron chi connectivity index (χ4n) is 3.07. The molecule has 3 rings (SSSR count). The Morgan fingerprint density at radius 2 is 1.77 bits per heavy atom. The molecule has 1 aliphatic heterocycles. The summed E-state index contributed by atoms with van der Waals surface area (Å²) in [6, 6.07) is 11.6. The zero-order chi connectivity index (χ0) is 19.1. The van der Waals surface area contributed by atoms with E-state index in [1.807, 2.05) is 6.07 Å². The first-order valence-corrected chi connectivity index (χ1v) is 7.80. The quantitative estimate of drug-likeness (QED) is 0.836. The molecule has 0 saturated carbocycles. The van der Waals surface area contributed by atoms with Crippen molar-refractivity contribution in [3.63, 3.8) is 0 Å². The van der Waals surface area contributed by atoms with E-state index in [-0.39, 0.29) is 28.5 Å². The number of nitrogens with one attached hydrogen (secondary N) is 1. The van der Waals surface area contributed by atoms with Crippen LogP contribution < -0.4 is 4.74 Å². The van der Waals surface area contributed by atoms with Crippen molar-refractivity contribution in [3.05, 3.63) is 71.0 Å². The summed E-state index contributed by atoms with van der Waals surface area (Å²) in [5.74, 6) is -0.212. The predicted octanol–water partition coefficient (Wildman–Crippen LogP) is 4.65. The van der Waals surface area contributed by atoms with Gasteiger partial charge in [0, 0.05) is 7.05 Å². The fourth-order valence-corrected chi connectivity index (χ4v) is 3.07. The van der Waals surface area contributed by atoms with Crippen molar-refractivity contribution in [1.29, 1.82) is 5.41 Å². The van der Waals surface area contributed by atoms with Crippen LogP contribution in [0, 0.1) is 5.41 Å². The van der Waals surface area contributed by atoms with Crippen molar-refractivity contribution in [2.45, 2.75) is 12.2 Å². The molecule has 2 aromatic rings. The lowest BCUT2D eigenvalue weighted by Crippen LogP contribution is -2.25. The van der Waals surface area contributed by atoms with Crippen molar-refractivity contribution in [2.75, 3.05) is 14.2 Å². The van der Waals surface area contributed by atoms with Crippen LogP contribution in [-0.2, 0) is 6.18 Å². The Kier molecular flexibility index (Phi) is 4.39. The molecule has 26 heavy (non-hydrogen) atoms. The Bertz CT molecular complexity index is 876. The lowest BCUT2D eigenvalue weighted by Gasteiger charge is -2.22. The van der Waals surface area contributed by atoms with Gasteiger partial charge in [0.2, 0.25) is 0 Å². The lowest BCUT2D eigenvalue weighted by molar-refractivity contribution is -0.137. The normalized spacial score (nSPS) is 17.8. The summed E-state index contributed by atoms with van der Waals surface area (Å²) < 4.78 is 44.5. The summed E-state index contributed by atoms with van der Waals surface area (Å²) in [5, 5.41) is 19.0. The van der Waals surface area contributed by atoms with E-state index < -0.39 is 17.8 Å². The second-order valence-electron chi connectivity index (χ2n) is 5.98. The molecule has 0 radical (unpaired) electrons. The zero-order valence-electron chi connectivity index (χ0n) is 14.1. The first-order valence-electron chi connectivity index (χ1n) is 7.80. The van der Waals surface area contributed by atoms with Gasteiger partial charge in [0.25, 0.3) is 0 Å². The second-order valence-corrected chi connectivity index (χ2v) is 5.98. The fraction of sp³-hybridized carbons (Fsp3) is 0.211. The highest BCUT2D eigenvalue weighted by Crippen LogP contribution is 2.42. The Morgan fingerprint density at radius 3 is 2.35 bits per heavy atom. The number of benzene rings is 2. The largest absolute Gasteiger partial charge is 0.509 e. The molecule has 1 unspecified atom stereocenters. The highest BCUT2D eigenvalue weighted by atomic mass is 19.4. The van der Waals surface area contributed by atoms with Gasteiger partial charge in [-0.3, -0.25) is 5.41 Å². The standard InChI is InChI=1S/C19H17F3N2O2/c1-24-16(11-6-4-3-5-7-11)17(25)15(18(24)23)12-8-13(19(20,21)22)10-14(9-12)26-2/h3-10,16,23,25H,1-2H3. The van der Waals surface area contributed by atoms with Gasteiger partial charge in [-0.25, -0.2) is 0 Å². The van der Waals surface area contributed by atoms with Gasteiger partial charge in [-0.15, -0.1) is 0 Å². The number of amidine groups is 1. The average molecular weight is 362 g/mol. The molecule has 0 spiro atoms. The third-order valence-electron chi connectivity index (χ3n) is 4.37. The third-order valence-corrected chi connectivity index (χ3v) is 4.37. The molecule has 0 amide bonds. The molecule has 7 heteroatoms. The number of alkyl halides is 3. The molecular formula is C19H17F3N2O2. The molecule has 0 aromatic heterocycles. The van der Waals surface area contributed by atoms with Crippen LogP contribution in [0.1, 0.15) is 22.7 Å². The van der Waals surface area contributed by atoms with Crippen LogP contribution in [0.5, 0.6) is 5.75 Å². The van der Waals surface area contributed by atoms with Gasteiger partial charge in [0.05, 0.1) is 18.2 Å². The molecule has 0 aliphatic carbocycles. The molecule has 0 fully saturated rings. The average Bonchev–Trinajstić information content (AvgIpc) is 2.83. The minimum atomic E-state index is -4.56. The van der Waals surface area contributed by atoms with E-state index in [1.165, 1.54) is 18.1 Å². The number of likely N-dealkylation sites (N-methyl/N-ethyl adjacent to an activating group) is 1. The summed E-state index contributed by atoms with van der Waals surface area (Å²) in [5.41, 5.74) is -0.00726. The number of methoxy groups -OCH3 is 1. The molecule has 1 aliphatic rings. The molecule has 0 bridgehead atoms. The highest BCUT2D eigenvalue weighted by molar-refractivity contribution is 6.24. The maximum atomic E-state index is 13.2. The summed E-state index contributed by atoms with van der Waals surface area (Å²) in [6.45, 7) is 0. The Labute approximate surface area is 148 Å². The number of hydrogen-bond acceptors (Lipinski definition) is 3. The number of rotatable bonds is 3. The second kappa shape index (κ2) is 6.40. The Hall–Kier alpha value is -2.96. The monoisotopic (exact) mass is 362 g/mol. The number of halogens is 3. The molecule has 1 atom stereocenters. The van der Waals surface area contributed by atoms with E-state index in [0.29, 0.717) is 0 Å². The van der Waals surface area contributed by atoms with Crippen LogP contribution in [0.25, 0.3) is 5.57 Å². The van der Waals surface area contributed by atoms with Crippen LogP contribution in [0.4, 0.5) is 13.2 Å². The van der Waals surface area contributed by atoms with Gasteiger partial charge in [0.1, 0.15) is 23.4 Å². The molecule has 4 nitrogen and oxygen atoms in total. The van der Waals surface area contributed by atoms with Gasteiger partial charge in [-0.1, -0.05) is 30.3 Å². The van der Waals surface area contributed by atoms with Gasteiger partial charge < -0.3 is 14.7 Å². The van der Waals surface area contributed by atoms with Crippen molar-refractivity contribution < 1.29 is 23.0 Å². The maximum Gasteiger partial charge on any atom is 0.416 e. The molecule has 2 N–H and O–H groups in total. The van der Waals surface area contributed by atoms with Crippen LogP contribution in [0.15, 0.2) is 54.3 Å². The number of nitrogens with zero attached hydrogens (tertiary/aromatic N) is 1. The number of ether oxygens (including phenoxy) is 1. The maximum absolute atomic E-state index is 13.2. The van der Waals surface area contributed by atoms with E-state index in [9.17, 15) is 18.3 Å². The van der Waals surface area contributed by atoms with E-state index >= 15 is 0 Å². The number of hydrogen-bond donors (Lipinski definition) is 2. The minimum absolute atomic E-state index is 0.00809. The summed E-state index contributed by atoms with van der Waals surface area (Å²) in [7, 11) is 2.89. The van der Waals surface area contributed by atoms with Crippen LogP contribution in [-0.4, -0.2) is 30.0 Å².